The summed E-state index contributed by atoms with van der Waals surface area (Å²) in [6, 6.07) is 9.37. The van der Waals surface area contributed by atoms with E-state index in [9.17, 15) is 9.59 Å². The molecule has 0 fully saturated rings. The van der Waals surface area contributed by atoms with Gasteiger partial charge in [0.05, 0.1) is 18.7 Å². The molecular weight excluding hydrogens is 390 g/mol. The number of thiazole rings is 1. The van der Waals surface area contributed by atoms with E-state index in [4.69, 9.17) is 9.15 Å². The van der Waals surface area contributed by atoms with Crippen LogP contribution in [0.3, 0.4) is 0 Å². The van der Waals surface area contributed by atoms with E-state index >= 15 is 0 Å². The molecule has 2 aromatic heterocycles. The number of nitrogens with one attached hydrogen (secondary N) is 2. The van der Waals surface area contributed by atoms with Gasteiger partial charge < -0.3 is 19.8 Å². The summed E-state index contributed by atoms with van der Waals surface area (Å²) in [6.07, 6.45) is 1.42. The Morgan fingerprint density at radius 1 is 1.31 bits per heavy atom. The minimum absolute atomic E-state index is 0.0420. The third-order valence-corrected chi connectivity index (χ3v) is 5.42. The standard InChI is InChI=1S/C21H21N3O4S/c1-13-2-6-18(28-13)21-23-15(12-29-21)11-20(26)22-8-9-27-16-4-5-17-14(10-16)3-7-19(25)24-17/h2,4-6,10,12H,3,7-9,11H2,1H3,(H,22,26)(H,24,25). The molecule has 0 aliphatic carbocycles. The van der Waals surface area contributed by atoms with Crippen molar-refractivity contribution in [3.8, 4) is 16.5 Å². The lowest BCUT2D eigenvalue weighted by Crippen LogP contribution is -2.29. The Bertz CT molecular complexity index is 1040. The molecule has 0 saturated carbocycles. The molecular formula is C21H21N3O4S. The quantitative estimate of drug-likeness (QED) is 0.582. The highest BCUT2D eigenvalue weighted by Gasteiger charge is 2.15. The number of aromatic nitrogens is 1. The molecule has 7 nitrogen and oxygen atoms in total. The zero-order chi connectivity index (χ0) is 20.2. The highest BCUT2D eigenvalue weighted by Crippen LogP contribution is 2.27. The second kappa shape index (κ2) is 8.48. The average molecular weight is 411 g/mol. The van der Waals surface area contributed by atoms with Crippen LogP contribution in [0, 0.1) is 6.92 Å². The van der Waals surface area contributed by atoms with Gasteiger partial charge in [-0.2, -0.15) is 0 Å². The number of hydrogen-bond acceptors (Lipinski definition) is 6. The summed E-state index contributed by atoms with van der Waals surface area (Å²) in [5.74, 6) is 2.22. The first-order valence-corrected chi connectivity index (χ1v) is 10.3. The lowest BCUT2D eigenvalue weighted by atomic mass is 10.0. The van der Waals surface area contributed by atoms with Crippen molar-refractivity contribution in [3.63, 3.8) is 0 Å². The fourth-order valence-corrected chi connectivity index (χ4v) is 3.87. The monoisotopic (exact) mass is 411 g/mol. The van der Waals surface area contributed by atoms with Crippen molar-refractivity contribution in [3.05, 3.63) is 52.7 Å². The number of furan rings is 1. The maximum atomic E-state index is 12.1. The SMILES string of the molecule is Cc1ccc(-c2nc(CC(=O)NCCOc3ccc4c(c3)CCC(=O)N4)cs2)o1. The van der Waals surface area contributed by atoms with Crippen LogP contribution in [0.25, 0.3) is 10.8 Å². The van der Waals surface area contributed by atoms with E-state index in [1.807, 2.05) is 42.6 Å². The smallest absolute Gasteiger partial charge is 0.226 e. The van der Waals surface area contributed by atoms with E-state index in [0.717, 1.165) is 33.5 Å². The number of nitrogens with zero attached hydrogens (tertiary/aromatic N) is 1. The third kappa shape index (κ3) is 4.83. The molecule has 1 aliphatic rings. The van der Waals surface area contributed by atoms with Gasteiger partial charge in [0, 0.05) is 17.5 Å². The zero-order valence-electron chi connectivity index (χ0n) is 16.0. The fraction of sp³-hybridized carbons (Fsp3) is 0.286. The van der Waals surface area contributed by atoms with Gasteiger partial charge in [0.1, 0.15) is 18.1 Å². The van der Waals surface area contributed by atoms with Crippen molar-refractivity contribution in [1.29, 1.82) is 0 Å². The van der Waals surface area contributed by atoms with Gasteiger partial charge in [-0.3, -0.25) is 9.59 Å². The van der Waals surface area contributed by atoms with Gasteiger partial charge in [-0.1, -0.05) is 0 Å². The molecule has 0 radical (unpaired) electrons. The molecule has 0 unspecified atom stereocenters. The summed E-state index contributed by atoms with van der Waals surface area (Å²) in [5.41, 5.74) is 2.63. The van der Waals surface area contributed by atoms with Gasteiger partial charge >= 0.3 is 0 Å². The normalized spacial score (nSPS) is 12.9. The second-order valence-corrected chi connectivity index (χ2v) is 7.65. The molecule has 0 spiro atoms. The Balaban J connectivity index is 1.22. The minimum Gasteiger partial charge on any atom is -0.492 e. The number of carbonyl (C=O) groups excluding carboxylic acids is 2. The van der Waals surface area contributed by atoms with Crippen LogP contribution in [0.5, 0.6) is 5.75 Å². The first-order chi connectivity index (χ1) is 14.1. The van der Waals surface area contributed by atoms with Crippen molar-refractivity contribution in [2.24, 2.45) is 0 Å². The van der Waals surface area contributed by atoms with E-state index in [1.165, 1.54) is 11.3 Å². The van der Waals surface area contributed by atoms with E-state index in [1.54, 1.807) is 0 Å². The van der Waals surface area contributed by atoms with Crippen molar-refractivity contribution < 1.29 is 18.7 Å². The van der Waals surface area contributed by atoms with Crippen molar-refractivity contribution in [2.45, 2.75) is 26.2 Å². The number of aryl methyl sites for hydroxylation is 2. The summed E-state index contributed by atoms with van der Waals surface area (Å²) >= 11 is 1.46. The molecule has 0 bridgehead atoms. The number of carbonyl (C=O) groups is 2. The predicted octanol–water partition coefficient (Wildman–Crippen LogP) is 3.33. The first kappa shape index (κ1) is 19.2. The van der Waals surface area contributed by atoms with Gasteiger partial charge in [0.25, 0.3) is 0 Å². The minimum atomic E-state index is -0.103. The predicted molar refractivity (Wildman–Crippen MR) is 110 cm³/mol. The molecule has 4 rings (SSSR count). The van der Waals surface area contributed by atoms with Crippen molar-refractivity contribution in [2.75, 3.05) is 18.5 Å². The lowest BCUT2D eigenvalue weighted by Gasteiger charge is -2.17. The summed E-state index contributed by atoms with van der Waals surface area (Å²) in [4.78, 5) is 28.0. The Morgan fingerprint density at radius 3 is 3.03 bits per heavy atom. The fourth-order valence-electron chi connectivity index (χ4n) is 3.09. The summed E-state index contributed by atoms with van der Waals surface area (Å²) < 4.78 is 11.3. The number of hydrogen-bond donors (Lipinski definition) is 2. The molecule has 2 N–H and O–H groups in total. The van der Waals surface area contributed by atoms with E-state index in [-0.39, 0.29) is 18.2 Å². The number of anilines is 1. The van der Waals surface area contributed by atoms with Gasteiger partial charge in [-0.05, 0) is 49.2 Å². The molecule has 2 amide bonds. The number of fused-ring (bicyclic) bond motifs is 1. The molecule has 29 heavy (non-hydrogen) atoms. The summed E-state index contributed by atoms with van der Waals surface area (Å²) in [6.45, 7) is 2.65. The van der Waals surface area contributed by atoms with Crippen LogP contribution in [-0.4, -0.2) is 29.9 Å². The number of ether oxygens (including phenoxy) is 1. The Labute approximate surface area is 172 Å². The highest BCUT2D eigenvalue weighted by molar-refractivity contribution is 7.13. The number of amides is 2. The van der Waals surface area contributed by atoms with Crippen LogP contribution < -0.4 is 15.4 Å². The van der Waals surface area contributed by atoms with Crippen LogP contribution in [0.4, 0.5) is 5.69 Å². The second-order valence-electron chi connectivity index (χ2n) is 6.80. The summed E-state index contributed by atoms with van der Waals surface area (Å²) in [5, 5.41) is 8.33. The summed E-state index contributed by atoms with van der Waals surface area (Å²) in [7, 11) is 0. The van der Waals surface area contributed by atoms with Crippen LogP contribution >= 0.6 is 11.3 Å². The van der Waals surface area contributed by atoms with E-state index in [2.05, 4.69) is 15.6 Å². The molecule has 1 aliphatic heterocycles. The van der Waals surface area contributed by atoms with Gasteiger partial charge in [-0.15, -0.1) is 11.3 Å². The topological polar surface area (TPSA) is 93.5 Å². The Hall–Kier alpha value is -3.13. The maximum Gasteiger partial charge on any atom is 0.226 e. The third-order valence-electron chi connectivity index (χ3n) is 4.51. The van der Waals surface area contributed by atoms with Crippen LogP contribution in [0.15, 0.2) is 40.1 Å². The first-order valence-electron chi connectivity index (χ1n) is 9.40. The molecule has 1 aromatic carbocycles. The maximum absolute atomic E-state index is 12.1. The number of rotatable bonds is 7. The molecule has 150 valence electrons. The highest BCUT2D eigenvalue weighted by atomic mass is 32.1. The van der Waals surface area contributed by atoms with E-state index in [0.29, 0.717) is 31.7 Å². The van der Waals surface area contributed by atoms with E-state index < -0.39 is 0 Å². The van der Waals surface area contributed by atoms with Crippen molar-refractivity contribution in [1.82, 2.24) is 10.3 Å². The zero-order valence-corrected chi connectivity index (χ0v) is 16.8. The average Bonchev–Trinajstić information content (AvgIpc) is 3.34. The molecule has 8 heteroatoms. The Morgan fingerprint density at radius 2 is 2.21 bits per heavy atom. The molecule has 3 aromatic rings. The lowest BCUT2D eigenvalue weighted by molar-refractivity contribution is -0.120. The van der Waals surface area contributed by atoms with Gasteiger partial charge in [0.2, 0.25) is 11.8 Å². The molecule has 3 heterocycles. The largest absolute Gasteiger partial charge is 0.492 e. The number of benzene rings is 1. The van der Waals surface area contributed by atoms with Crippen LogP contribution in [0.2, 0.25) is 0 Å². The molecule has 0 saturated heterocycles. The van der Waals surface area contributed by atoms with Crippen molar-refractivity contribution >= 4 is 28.8 Å². The van der Waals surface area contributed by atoms with Crippen LogP contribution in [-0.2, 0) is 22.4 Å². The van der Waals surface area contributed by atoms with Crippen LogP contribution in [0.1, 0.15) is 23.4 Å². The molecule has 0 atom stereocenters. The van der Waals surface area contributed by atoms with Gasteiger partial charge in [0.15, 0.2) is 10.8 Å². The van der Waals surface area contributed by atoms with Gasteiger partial charge in [-0.25, -0.2) is 4.98 Å². The Kier molecular flexibility index (Phi) is 5.62.